The Bertz CT molecular complexity index is 72.1. The van der Waals surface area contributed by atoms with Crippen LogP contribution >= 0.6 is 11.8 Å². The minimum Gasteiger partial charge on any atom is -0.373 e. The van der Waals surface area contributed by atoms with Crippen LogP contribution in [-0.2, 0) is 0 Å². The molecule has 0 aromatic rings. The summed E-state index contributed by atoms with van der Waals surface area (Å²) in [6.07, 6.45) is 3.08. The van der Waals surface area contributed by atoms with Crippen LogP contribution in [0.5, 0.6) is 0 Å². The Labute approximate surface area is 48.2 Å². The molecule has 0 fully saturated rings. The van der Waals surface area contributed by atoms with Crippen molar-refractivity contribution in [1.29, 1.82) is 0 Å². The standard InChI is InChI=1S/C5H8NS/c1-2-5-6-3-4-7-5/h3-4,6H,2H2,1H3. The molecule has 0 bridgehead atoms. The maximum atomic E-state index is 3.11. The average Bonchev–Trinajstić information content (AvgIpc) is 2.14. The number of hydrogen-bond donors (Lipinski definition) is 1. The van der Waals surface area contributed by atoms with Crippen molar-refractivity contribution in [2.45, 2.75) is 13.3 Å². The van der Waals surface area contributed by atoms with Crippen LogP contribution in [0.25, 0.3) is 0 Å². The number of hydrogen-bond acceptors (Lipinski definition) is 2. The van der Waals surface area contributed by atoms with Gasteiger partial charge in [-0.05, 0) is 11.8 Å². The second kappa shape index (κ2) is 2.26. The van der Waals surface area contributed by atoms with Gasteiger partial charge in [0, 0.05) is 6.20 Å². The van der Waals surface area contributed by atoms with E-state index in [1.165, 1.54) is 5.37 Å². The van der Waals surface area contributed by atoms with Gasteiger partial charge >= 0.3 is 0 Å². The summed E-state index contributed by atoms with van der Waals surface area (Å²) in [6.45, 7) is 2.14. The van der Waals surface area contributed by atoms with Crippen molar-refractivity contribution in [2.24, 2.45) is 0 Å². The molecule has 1 rings (SSSR count). The zero-order valence-electron chi connectivity index (χ0n) is 4.27. The van der Waals surface area contributed by atoms with Crippen molar-refractivity contribution in [3.63, 3.8) is 0 Å². The lowest BCUT2D eigenvalue weighted by Gasteiger charge is -2.01. The van der Waals surface area contributed by atoms with E-state index in [-0.39, 0.29) is 0 Å². The Morgan fingerprint density at radius 3 is 3.00 bits per heavy atom. The molecule has 1 aliphatic heterocycles. The third-order valence-electron chi connectivity index (χ3n) is 0.844. The molecule has 0 atom stereocenters. The van der Waals surface area contributed by atoms with Gasteiger partial charge in [0.1, 0.15) is 5.37 Å². The summed E-state index contributed by atoms with van der Waals surface area (Å²) in [7, 11) is 0. The van der Waals surface area contributed by atoms with Gasteiger partial charge in [-0.25, -0.2) is 0 Å². The predicted molar refractivity (Wildman–Crippen MR) is 33.4 cm³/mol. The molecular weight excluding hydrogens is 106 g/mol. The Kier molecular flexibility index (Phi) is 1.63. The topological polar surface area (TPSA) is 12.0 Å². The molecular formula is C5H8NS. The summed E-state index contributed by atoms with van der Waals surface area (Å²) in [4.78, 5) is 0. The Morgan fingerprint density at radius 1 is 1.86 bits per heavy atom. The van der Waals surface area contributed by atoms with E-state index in [0.29, 0.717) is 0 Å². The lowest BCUT2D eigenvalue weighted by molar-refractivity contribution is 0.910. The van der Waals surface area contributed by atoms with Crippen molar-refractivity contribution < 1.29 is 0 Å². The van der Waals surface area contributed by atoms with Gasteiger partial charge in [0.15, 0.2) is 0 Å². The van der Waals surface area contributed by atoms with Crippen LogP contribution < -0.4 is 5.32 Å². The van der Waals surface area contributed by atoms with Gasteiger partial charge in [0.25, 0.3) is 0 Å². The summed E-state index contributed by atoms with van der Waals surface area (Å²) in [5.41, 5.74) is 0. The van der Waals surface area contributed by atoms with Crippen LogP contribution in [0.4, 0.5) is 0 Å². The zero-order valence-corrected chi connectivity index (χ0v) is 5.09. The SMILES string of the molecule is CC[C]1NC=CS1. The molecule has 2 heteroatoms. The molecule has 1 nitrogen and oxygen atoms in total. The van der Waals surface area contributed by atoms with Crippen LogP contribution in [-0.4, -0.2) is 0 Å². The van der Waals surface area contributed by atoms with E-state index in [1.807, 2.05) is 6.20 Å². The Morgan fingerprint density at radius 2 is 2.71 bits per heavy atom. The van der Waals surface area contributed by atoms with Gasteiger partial charge in [-0.15, -0.1) is 11.8 Å². The van der Waals surface area contributed by atoms with Crippen molar-refractivity contribution in [2.75, 3.05) is 0 Å². The van der Waals surface area contributed by atoms with Crippen LogP contribution in [0, 0.1) is 5.37 Å². The molecule has 0 saturated carbocycles. The smallest absolute Gasteiger partial charge is 0.120 e. The average molecular weight is 114 g/mol. The van der Waals surface area contributed by atoms with Crippen molar-refractivity contribution in [1.82, 2.24) is 5.32 Å². The predicted octanol–water partition coefficient (Wildman–Crippen LogP) is 1.69. The molecule has 0 aliphatic carbocycles. The minimum absolute atomic E-state index is 1.12. The first-order chi connectivity index (χ1) is 3.43. The number of nitrogens with one attached hydrogen (secondary N) is 1. The van der Waals surface area contributed by atoms with Crippen molar-refractivity contribution in [3.8, 4) is 0 Å². The molecule has 0 unspecified atom stereocenters. The highest BCUT2D eigenvalue weighted by Crippen LogP contribution is 2.24. The summed E-state index contributed by atoms with van der Waals surface area (Å²) in [5.74, 6) is 0. The van der Waals surface area contributed by atoms with E-state index in [0.717, 1.165) is 6.42 Å². The molecule has 0 aromatic heterocycles. The van der Waals surface area contributed by atoms with Gasteiger partial charge in [-0.1, -0.05) is 6.92 Å². The summed E-state index contributed by atoms with van der Waals surface area (Å²) < 4.78 is 0. The highest BCUT2D eigenvalue weighted by Gasteiger charge is 2.05. The fourth-order valence-electron chi connectivity index (χ4n) is 0.463. The largest absolute Gasteiger partial charge is 0.373 e. The van der Waals surface area contributed by atoms with E-state index in [1.54, 1.807) is 11.8 Å². The van der Waals surface area contributed by atoms with Gasteiger partial charge in [0.05, 0.1) is 0 Å². The highest BCUT2D eigenvalue weighted by atomic mass is 32.2. The van der Waals surface area contributed by atoms with Gasteiger partial charge < -0.3 is 5.32 Å². The highest BCUT2D eigenvalue weighted by molar-refractivity contribution is 8.05. The summed E-state index contributed by atoms with van der Waals surface area (Å²) >= 11 is 1.77. The second-order valence-electron chi connectivity index (χ2n) is 1.34. The maximum Gasteiger partial charge on any atom is 0.120 e. The fourth-order valence-corrected chi connectivity index (χ4v) is 1.07. The first kappa shape index (κ1) is 5.04. The van der Waals surface area contributed by atoms with Gasteiger partial charge in [-0.2, -0.15) is 0 Å². The van der Waals surface area contributed by atoms with Crippen LogP contribution in [0.1, 0.15) is 13.3 Å². The molecule has 1 aliphatic rings. The molecule has 7 heavy (non-hydrogen) atoms. The first-order valence-electron chi connectivity index (χ1n) is 2.37. The molecule has 0 spiro atoms. The molecule has 0 aromatic carbocycles. The molecule has 0 amide bonds. The third kappa shape index (κ3) is 1.13. The molecule has 39 valence electrons. The van der Waals surface area contributed by atoms with Gasteiger partial charge in [0.2, 0.25) is 0 Å². The van der Waals surface area contributed by atoms with Crippen LogP contribution in [0.3, 0.4) is 0 Å². The lowest BCUT2D eigenvalue weighted by Crippen LogP contribution is -2.03. The Balaban J connectivity index is 2.22. The van der Waals surface area contributed by atoms with E-state index < -0.39 is 0 Å². The van der Waals surface area contributed by atoms with E-state index in [4.69, 9.17) is 0 Å². The zero-order chi connectivity index (χ0) is 5.11. The third-order valence-corrected chi connectivity index (χ3v) is 1.81. The summed E-state index contributed by atoms with van der Waals surface area (Å²) in [5, 5.41) is 6.51. The van der Waals surface area contributed by atoms with Gasteiger partial charge in [-0.3, -0.25) is 0 Å². The second-order valence-corrected chi connectivity index (χ2v) is 2.34. The number of rotatable bonds is 1. The lowest BCUT2D eigenvalue weighted by atomic mass is 10.5. The molecule has 1 radical (unpaired) electrons. The number of thioether (sulfide) groups is 1. The van der Waals surface area contributed by atoms with Crippen LogP contribution in [0.2, 0.25) is 0 Å². The maximum absolute atomic E-state index is 3.11. The Hall–Kier alpha value is -0.110. The first-order valence-corrected chi connectivity index (χ1v) is 3.25. The van der Waals surface area contributed by atoms with E-state index >= 15 is 0 Å². The van der Waals surface area contributed by atoms with E-state index in [2.05, 4.69) is 17.6 Å². The van der Waals surface area contributed by atoms with E-state index in [9.17, 15) is 0 Å². The monoisotopic (exact) mass is 114 g/mol. The molecule has 1 N–H and O–H groups in total. The molecule has 0 saturated heterocycles. The fraction of sp³-hybridized carbons (Fsp3) is 0.400. The normalized spacial score (nSPS) is 20.1. The van der Waals surface area contributed by atoms with Crippen LogP contribution in [0.15, 0.2) is 11.6 Å². The minimum atomic E-state index is 1.12. The van der Waals surface area contributed by atoms with Crippen molar-refractivity contribution in [3.05, 3.63) is 17.0 Å². The quantitative estimate of drug-likeness (QED) is 0.556. The summed E-state index contributed by atoms with van der Waals surface area (Å²) in [6, 6.07) is 0. The molecule has 1 heterocycles. The van der Waals surface area contributed by atoms with Crippen molar-refractivity contribution >= 4 is 11.8 Å².